The topological polar surface area (TPSA) is 50.4 Å². The van der Waals surface area contributed by atoms with E-state index in [0.29, 0.717) is 12.6 Å². The molecule has 1 rings (SSSR count). The minimum atomic E-state index is -0.152. The molecule has 2 N–H and O–H groups in total. The highest BCUT2D eigenvalue weighted by Crippen LogP contribution is 2.04. The summed E-state index contributed by atoms with van der Waals surface area (Å²) in [6.45, 7) is 2.02. The molecule has 78 valence electrons. The summed E-state index contributed by atoms with van der Waals surface area (Å²) in [4.78, 5) is 11.0. The Balaban J connectivity index is 1.97. The summed E-state index contributed by atoms with van der Waals surface area (Å²) in [5.74, 6) is 2.18. The fraction of sp³-hybridized carbons (Fsp3) is 0.700. The Kier molecular flexibility index (Phi) is 5.05. The van der Waals surface area contributed by atoms with Gasteiger partial charge in [0.25, 0.3) is 0 Å². The third kappa shape index (κ3) is 4.26. The second kappa shape index (κ2) is 6.41. The summed E-state index contributed by atoms with van der Waals surface area (Å²) in [5.41, 5.74) is 0. The zero-order valence-electron chi connectivity index (χ0n) is 8.21. The van der Waals surface area contributed by atoms with Crippen molar-refractivity contribution in [1.82, 2.24) is 10.6 Å². The van der Waals surface area contributed by atoms with Crippen LogP contribution in [0.3, 0.4) is 0 Å². The Bertz CT molecular complexity index is 217. The summed E-state index contributed by atoms with van der Waals surface area (Å²) < 4.78 is 5.23. The van der Waals surface area contributed by atoms with Crippen LogP contribution in [0.15, 0.2) is 0 Å². The van der Waals surface area contributed by atoms with Gasteiger partial charge in [0.05, 0.1) is 13.2 Å². The molecule has 0 aromatic carbocycles. The van der Waals surface area contributed by atoms with Gasteiger partial charge in [-0.1, -0.05) is 5.92 Å². The molecule has 0 aliphatic carbocycles. The van der Waals surface area contributed by atoms with Gasteiger partial charge >= 0.3 is 0 Å². The predicted molar refractivity (Wildman–Crippen MR) is 53.7 cm³/mol. The van der Waals surface area contributed by atoms with Crippen LogP contribution in [0.5, 0.6) is 0 Å². The molecule has 0 saturated carbocycles. The maximum absolute atomic E-state index is 11.0. The smallest absolute Gasteiger partial charge is 0.246 e. The Labute approximate surface area is 84.4 Å². The SMILES string of the molecule is C#CCNC(=O)COCC1CCCN1. The molecule has 0 aromatic heterocycles. The number of nitrogens with one attached hydrogen (secondary N) is 2. The zero-order valence-corrected chi connectivity index (χ0v) is 8.21. The second-order valence-corrected chi connectivity index (χ2v) is 3.29. The van der Waals surface area contributed by atoms with Crippen molar-refractivity contribution >= 4 is 5.91 Å². The molecule has 4 heteroatoms. The lowest BCUT2D eigenvalue weighted by Gasteiger charge is -2.10. The fourth-order valence-corrected chi connectivity index (χ4v) is 1.39. The predicted octanol–water partition coefficient (Wildman–Crippen LogP) is -0.496. The van der Waals surface area contributed by atoms with E-state index in [-0.39, 0.29) is 19.1 Å². The quantitative estimate of drug-likeness (QED) is 0.583. The Morgan fingerprint density at radius 3 is 3.21 bits per heavy atom. The number of carbonyl (C=O) groups excluding carboxylic acids is 1. The van der Waals surface area contributed by atoms with Gasteiger partial charge in [0.15, 0.2) is 0 Å². The van der Waals surface area contributed by atoms with E-state index in [9.17, 15) is 4.79 Å². The highest BCUT2D eigenvalue weighted by molar-refractivity contribution is 5.77. The molecule has 1 atom stereocenters. The summed E-state index contributed by atoms with van der Waals surface area (Å²) in [6, 6.07) is 0.412. The largest absolute Gasteiger partial charge is 0.370 e. The van der Waals surface area contributed by atoms with E-state index in [0.717, 1.165) is 13.0 Å². The van der Waals surface area contributed by atoms with Crippen molar-refractivity contribution in [2.45, 2.75) is 18.9 Å². The van der Waals surface area contributed by atoms with Crippen LogP contribution < -0.4 is 10.6 Å². The highest BCUT2D eigenvalue weighted by Gasteiger charge is 2.14. The van der Waals surface area contributed by atoms with Gasteiger partial charge in [-0.15, -0.1) is 6.42 Å². The van der Waals surface area contributed by atoms with Crippen molar-refractivity contribution < 1.29 is 9.53 Å². The number of terminal acetylenes is 1. The second-order valence-electron chi connectivity index (χ2n) is 3.29. The first-order chi connectivity index (χ1) is 6.83. The number of carbonyl (C=O) groups is 1. The van der Waals surface area contributed by atoms with Gasteiger partial charge in [0.1, 0.15) is 6.61 Å². The lowest BCUT2D eigenvalue weighted by atomic mass is 10.2. The van der Waals surface area contributed by atoms with Crippen LogP contribution in [0.25, 0.3) is 0 Å². The normalized spacial score (nSPS) is 20.4. The molecule has 1 aliphatic heterocycles. The monoisotopic (exact) mass is 196 g/mol. The number of amides is 1. The molecule has 1 unspecified atom stereocenters. The van der Waals surface area contributed by atoms with E-state index in [1.807, 2.05) is 0 Å². The molecule has 1 heterocycles. The molecule has 1 amide bonds. The fourth-order valence-electron chi connectivity index (χ4n) is 1.39. The van der Waals surface area contributed by atoms with Gasteiger partial charge in [-0.05, 0) is 19.4 Å². The lowest BCUT2D eigenvalue weighted by Crippen LogP contribution is -2.32. The van der Waals surface area contributed by atoms with Crippen molar-refractivity contribution in [3.63, 3.8) is 0 Å². The molecule has 0 bridgehead atoms. The first-order valence-corrected chi connectivity index (χ1v) is 4.84. The van der Waals surface area contributed by atoms with Crippen LogP contribution in [0.2, 0.25) is 0 Å². The molecule has 14 heavy (non-hydrogen) atoms. The van der Waals surface area contributed by atoms with Crippen LogP contribution in [-0.4, -0.2) is 38.3 Å². The van der Waals surface area contributed by atoms with Gasteiger partial charge in [-0.2, -0.15) is 0 Å². The van der Waals surface area contributed by atoms with Crippen LogP contribution in [0.4, 0.5) is 0 Å². The minimum Gasteiger partial charge on any atom is -0.370 e. The van der Waals surface area contributed by atoms with Crippen molar-refractivity contribution in [1.29, 1.82) is 0 Å². The van der Waals surface area contributed by atoms with Gasteiger partial charge in [0, 0.05) is 6.04 Å². The summed E-state index contributed by atoms with van der Waals surface area (Å²) >= 11 is 0. The van der Waals surface area contributed by atoms with Crippen molar-refractivity contribution in [3.8, 4) is 12.3 Å². The van der Waals surface area contributed by atoms with Gasteiger partial charge in [0.2, 0.25) is 5.91 Å². The Hall–Kier alpha value is -1.05. The number of hydrogen-bond donors (Lipinski definition) is 2. The Morgan fingerprint density at radius 1 is 1.71 bits per heavy atom. The summed E-state index contributed by atoms with van der Waals surface area (Å²) in [5, 5.41) is 5.82. The Morgan fingerprint density at radius 2 is 2.57 bits per heavy atom. The van der Waals surface area contributed by atoms with E-state index < -0.39 is 0 Å². The summed E-state index contributed by atoms with van der Waals surface area (Å²) in [7, 11) is 0. The maximum Gasteiger partial charge on any atom is 0.246 e. The molecule has 1 aliphatic rings. The van der Waals surface area contributed by atoms with Crippen molar-refractivity contribution in [2.24, 2.45) is 0 Å². The molecule has 0 spiro atoms. The van der Waals surface area contributed by atoms with Gasteiger partial charge in [-0.3, -0.25) is 4.79 Å². The lowest BCUT2D eigenvalue weighted by molar-refractivity contribution is -0.125. The first-order valence-electron chi connectivity index (χ1n) is 4.84. The van der Waals surface area contributed by atoms with E-state index >= 15 is 0 Å². The zero-order chi connectivity index (χ0) is 10.2. The molecule has 0 radical (unpaired) electrons. The van der Waals surface area contributed by atoms with Gasteiger partial charge in [-0.25, -0.2) is 0 Å². The average molecular weight is 196 g/mol. The van der Waals surface area contributed by atoms with E-state index in [1.54, 1.807) is 0 Å². The maximum atomic E-state index is 11.0. The number of ether oxygens (including phenoxy) is 1. The van der Waals surface area contributed by atoms with Crippen LogP contribution >= 0.6 is 0 Å². The molecule has 1 saturated heterocycles. The third-order valence-electron chi connectivity index (χ3n) is 2.10. The molecular formula is C10H16N2O2. The van der Waals surface area contributed by atoms with Crippen LogP contribution in [0.1, 0.15) is 12.8 Å². The van der Waals surface area contributed by atoms with Crippen LogP contribution in [0, 0.1) is 12.3 Å². The number of hydrogen-bond acceptors (Lipinski definition) is 3. The molecule has 4 nitrogen and oxygen atoms in total. The molecule has 0 aromatic rings. The standard InChI is InChI=1S/C10H16N2O2/c1-2-5-12-10(13)8-14-7-9-4-3-6-11-9/h1,9,11H,3-8H2,(H,12,13). The van der Waals surface area contributed by atoms with E-state index in [2.05, 4.69) is 16.6 Å². The van der Waals surface area contributed by atoms with E-state index in [4.69, 9.17) is 11.2 Å². The minimum absolute atomic E-state index is 0.0971. The van der Waals surface area contributed by atoms with Crippen molar-refractivity contribution in [2.75, 3.05) is 26.3 Å². The van der Waals surface area contributed by atoms with Gasteiger partial charge < -0.3 is 15.4 Å². The summed E-state index contributed by atoms with van der Waals surface area (Å²) in [6.07, 6.45) is 7.31. The highest BCUT2D eigenvalue weighted by atomic mass is 16.5. The third-order valence-corrected chi connectivity index (χ3v) is 2.10. The first kappa shape index (κ1) is 11.0. The molecular weight excluding hydrogens is 180 g/mol. The van der Waals surface area contributed by atoms with Crippen LogP contribution in [-0.2, 0) is 9.53 Å². The number of rotatable bonds is 5. The van der Waals surface area contributed by atoms with Crippen molar-refractivity contribution in [3.05, 3.63) is 0 Å². The average Bonchev–Trinajstić information content (AvgIpc) is 2.67. The van der Waals surface area contributed by atoms with E-state index in [1.165, 1.54) is 6.42 Å². The molecule has 1 fully saturated rings.